The standard InChI is InChI=1S/C11H17N3O2/c1-7-5-9(3-4-12-7)14-11(15)10-8(2)16-6-13-10/h6-7,9,12H,3-5H2,1-2H3,(H,14,15). The molecule has 1 saturated heterocycles. The van der Waals surface area contributed by atoms with E-state index in [4.69, 9.17) is 4.42 Å². The molecule has 0 aromatic carbocycles. The Morgan fingerprint density at radius 2 is 2.50 bits per heavy atom. The van der Waals surface area contributed by atoms with Gasteiger partial charge in [0, 0.05) is 12.1 Å². The van der Waals surface area contributed by atoms with Crippen LogP contribution in [0.4, 0.5) is 0 Å². The molecule has 2 unspecified atom stereocenters. The van der Waals surface area contributed by atoms with Crippen molar-refractivity contribution in [3.8, 4) is 0 Å². The van der Waals surface area contributed by atoms with E-state index in [1.54, 1.807) is 6.92 Å². The summed E-state index contributed by atoms with van der Waals surface area (Å²) in [4.78, 5) is 15.8. The van der Waals surface area contributed by atoms with E-state index in [1.807, 2.05) is 0 Å². The fourth-order valence-corrected chi connectivity index (χ4v) is 2.04. The maximum atomic E-state index is 11.8. The molecule has 0 bridgehead atoms. The lowest BCUT2D eigenvalue weighted by atomic mass is 10.0. The highest BCUT2D eigenvalue weighted by Crippen LogP contribution is 2.10. The molecule has 0 spiro atoms. The van der Waals surface area contributed by atoms with Gasteiger partial charge in [0.25, 0.3) is 5.91 Å². The second kappa shape index (κ2) is 4.65. The van der Waals surface area contributed by atoms with Crippen LogP contribution in [0.5, 0.6) is 0 Å². The van der Waals surface area contributed by atoms with Crippen LogP contribution in [0.1, 0.15) is 36.0 Å². The molecule has 2 heterocycles. The molecule has 1 aromatic heterocycles. The first-order chi connectivity index (χ1) is 7.66. The predicted octanol–water partition coefficient (Wildman–Crippen LogP) is 0.853. The zero-order valence-electron chi connectivity index (χ0n) is 9.62. The molecule has 1 fully saturated rings. The normalized spacial score (nSPS) is 25.4. The molecule has 2 N–H and O–H groups in total. The molecule has 1 aromatic rings. The molecule has 1 aliphatic rings. The van der Waals surface area contributed by atoms with Crippen molar-refractivity contribution >= 4 is 5.91 Å². The summed E-state index contributed by atoms with van der Waals surface area (Å²) < 4.78 is 5.01. The van der Waals surface area contributed by atoms with Crippen LogP contribution in [0.25, 0.3) is 0 Å². The summed E-state index contributed by atoms with van der Waals surface area (Å²) in [6.07, 6.45) is 3.23. The monoisotopic (exact) mass is 223 g/mol. The number of oxazole rings is 1. The van der Waals surface area contributed by atoms with Crippen molar-refractivity contribution in [1.29, 1.82) is 0 Å². The van der Waals surface area contributed by atoms with E-state index in [2.05, 4.69) is 22.5 Å². The van der Waals surface area contributed by atoms with Crippen molar-refractivity contribution in [3.05, 3.63) is 17.8 Å². The molecule has 0 aliphatic carbocycles. The van der Waals surface area contributed by atoms with Crippen molar-refractivity contribution in [2.24, 2.45) is 0 Å². The first kappa shape index (κ1) is 11.1. The van der Waals surface area contributed by atoms with E-state index < -0.39 is 0 Å². The average molecular weight is 223 g/mol. The van der Waals surface area contributed by atoms with Gasteiger partial charge in [0.15, 0.2) is 12.1 Å². The second-order valence-electron chi connectivity index (χ2n) is 4.31. The Balaban J connectivity index is 1.95. The predicted molar refractivity (Wildman–Crippen MR) is 59.2 cm³/mol. The Hall–Kier alpha value is -1.36. The minimum Gasteiger partial charge on any atom is -0.448 e. The number of hydrogen-bond acceptors (Lipinski definition) is 4. The van der Waals surface area contributed by atoms with Gasteiger partial charge >= 0.3 is 0 Å². The molecule has 0 radical (unpaired) electrons. The van der Waals surface area contributed by atoms with Crippen LogP contribution < -0.4 is 10.6 Å². The quantitative estimate of drug-likeness (QED) is 0.780. The Labute approximate surface area is 94.6 Å². The van der Waals surface area contributed by atoms with Gasteiger partial charge in [0.1, 0.15) is 5.76 Å². The topological polar surface area (TPSA) is 67.2 Å². The van der Waals surface area contributed by atoms with E-state index in [1.165, 1.54) is 6.39 Å². The van der Waals surface area contributed by atoms with E-state index in [0.29, 0.717) is 17.5 Å². The molecule has 2 atom stereocenters. The first-order valence-corrected chi connectivity index (χ1v) is 5.61. The molecule has 2 rings (SSSR count). The zero-order chi connectivity index (χ0) is 11.5. The fourth-order valence-electron chi connectivity index (χ4n) is 2.04. The van der Waals surface area contributed by atoms with Gasteiger partial charge in [-0.1, -0.05) is 0 Å². The second-order valence-corrected chi connectivity index (χ2v) is 4.31. The fraction of sp³-hybridized carbons (Fsp3) is 0.636. The van der Waals surface area contributed by atoms with Gasteiger partial charge in [-0.2, -0.15) is 0 Å². The van der Waals surface area contributed by atoms with Gasteiger partial charge in [0.2, 0.25) is 0 Å². The number of aromatic nitrogens is 1. The molecule has 1 aliphatic heterocycles. The lowest BCUT2D eigenvalue weighted by Gasteiger charge is -2.28. The maximum absolute atomic E-state index is 11.8. The van der Waals surface area contributed by atoms with Crippen LogP contribution in [-0.2, 0) is 0 Å². The van der Waals surface area contributed by atoms with Crippen LogP contribution in [0.2, 0.25) is 0 Å². The van der Waals surface area contributed by atoms with E-state index >= 15 is 0 Å². The maximum Gasteiger partial charge on any atom is 0.273 e. The molecule has 1 amide bonds. The van der Waals surface area contributed by atoms with Crippen LogP contribution in [-0.4, -0.2) is 29.5 Å². The third-order valence-electron chi connectivity index (χ3n) is 2.92. The smallest absolute Gasteiger partial charge is 0.273 e. The Morgan fingerprint density at radius 1 is 1.69 bits per heavy atom. The average Bonchev–Trinajstić information content (AvgIpc) is 2.64. The summed E-state index contributed by atoms with van der Waals surface area (Å²) in [7, 11) is 0. The number of hydrogen-bond donors (Lipinski definition) is 2. The number of rotatable bonds is 2. The van der Waals surface area contributed by atoms with Crippen molar-refractivity contribution < 1.29 is 9.21 Å². The van der Waals surface area contributed by atoms with Crippen molar-refractivity contribution in [2.75, 3.05) is 6.54 Å². The van der Waals surface area contributed by atoms with Gasteiger partial charge < -0.3 is 15.1 Å². The van der Waals surface area contributed by atoms with Crippen LogP contribution >= 0.6 is 0 Å². The van der Waals surface area contributed by atoms with Gasteiger partial charge in [-0.05, 0) is 33.2 Å². The van der Waals surface area contributed by atoms with Crippen molar-refractivity contribution in [2.45, 2.75) is 38.8 Å². The van der Waals surface area contributed by atoms with E-state index in [9.17, 15) is 4.79 Å². The number of carbonyl (C=O) groups excluding carboxylic acids is 1. The number of nitrogens with one attached hydrogen (secondary N) is 2. The molecule has 16 heavy (non-hydrogen) atoms. The largest absolute Gasteiger partial charge is 0.448 e. The SMILES string of the molecule is Cc1ocnc1C(=O)NC1CCNC(C)C1. The molecule has 5 nitrogen and oxygen atoms in total. The minimum atomic E-state index is -0.134. The summed E-state index contributed by atoms with van der Waals surface area (Å²) >= 11 is 0. The van der Waals surface area contributed by atoms with Gasteiger partial charge in [-0.25, -0.2) is 4.98 Å². The highest BCUT2D eigenvalue weighted by Gasteiger charge is 2.22. The Bertz CT molecular complexity index is 375. The number of aryl methyl sites for hydroxylation is 1. The summed E-state index contributed by atoms with van der Waals surface area (Å²) in [5.41, 5.74) is 0.395. The van der Waals surface area contributed by atoms with Crippen LogP contribution in [0.15, 0.2) is 10.8 Å². The van der Waals surface area contributed by atoms with Gasteiger partial charge in [0.05, 0.1) is 0 Å². The molecular weight excluding hydrogens is 206 g/mol. The van der Waals surface area contributed by atoms with Gasteiger partial charge in [-0.15, -0.1) is 0 Å². The highest BCUT2D eigenvalue weighted by atomic mass is 16.3. The third-order valence-corrected chi connectivity index (χ3v) is 2.92. The summed E-state index contributed by atoms with van der Waals surface area (Å²) in [6.45, 7) is 4.82. The molecule has 5 heteroatoms. The molecular formula is C11H17N3O2. The van der Waals surface area contributed by atoms with E-state index in [-0.39, 0.29) is 11.9 Å². The lowest BCUT2D eigenvalue weighted by Crippen LogP contribution is -2.46. The Kier molecular flexibility index (Phi) is 3.24. The number of carbonyl (C=O) groups is 1. The Morgan fingerprint density at radius 3 is 3.12 bits per heavy atom. The summed E-state index contributed by atoms with van der Waals surface area (Å²) in [6, 6.07) is 0.692. The molecule has 88 valence electrons. The lowest BCUT2D eigenvalue weighted by molar-refractivity contribution is 0.0919. The summed E-state index contributed by atoms with van der Waals surface area (Å²) in [5, 5.41) is 6.34. The third kappa shape index (κ3) is 2.41. The van der Waals surface area contributed by atoms with Crippen LogP contribution in [0.3, 0.4) is 0 Å². The molecule has 0 saturated carbocycles. The van der Waals surface area contributed by atoms with Crippen molar-refractivity contribution in [3.63, 3.8) is 0 Å². The number of piperidine rings is 1. The number of nitrogens with zero attached hydrogens (tertiary/aromatic N) is 1. The zero-order valence-corrected chi connectivity index (χ0v) is 9.62. The van der Waals surface area contributed by atoms with Gasteiger partial charge in [-0.3, -0.25) is 4.79 Å². The first-order valence-electron chi connectivity index (χ1n) is 5.61. The summed E-state index contributed by atoms with van der Waals surface area (Å²) in [5.74, 6) is 0.435. The van der Waals surface area contributed by atoms with E-state index in [0.717, 1.165) is 19.4 Å². The van der Waals surface area contributed by atoms with Crippen molar-refractivity contribution in [1.82, 2.24) is 15.6 Å². The van der Waals surface area contributed by atoms with Crippen LogP contribution in [0, 0.1) is 6.92 Å². The highest BCUT2D eigenvalue weighted by molar-refractivity contribution is 5.93. The minimum absolute atomic E-state index is 0.134. The number of amides is 1.